The van der Waals surface area contributed by atoms with Crippen molar-refractivity contribution in [2.24, 2.45) is 0 Å². The molecule has 3 rings (SSSR count). The molecule has 1 N–H and O–H groups in total. The predicted octanol–water partition coefficient (Wildman–Crippen LogP) is 3.74. The highest BCUT2D eigenvalue weighted by atomic mass is 35.5. The Bertz CT molecular complexity index is 884. The quantitative estimate of drug-likeness (QED) is 0.689. The van der Waals surface area contributed by atoms with Crippen LogP contribution in [0.1, 0.15) is 12.5 Å². The van der Waals surface area contributed by atoms with Crippen LogP contribution in [0.3, 0.4) is 0 Å². The fourth-order valence-electron chi connectivity index (χ4n) is 2.16. The minimum Gasteiger partial charge on any atom is -0.325 e. The molecule has 0 unspecified atom stereocenters. The number of anilines is 1. The van der Waals surface area contributed by atoms with Gasteiger partial charge in [0.25, 0.3) is 0 Å². The molecule has 0 aliphatic heterocycles. The summed E-state index contributed by atoms with van der Waals surface area (Å²) >= 11 is 7.29. The minimum absolute atomic E-state index is 0.141. The van der Waals surface area contributed by atoms with Crippen LogP contribution in [-0.4, -0.2) is 31.4 Å². The number of carbonyl (C=O) groups excluding carboxylic acids is 1. The number of nitrogens with one attached hydrogen (secondary N) is 1. The first-order valence-corrected chi connectivity index (χ1v) is 8.88. The molecule has 0 aliphatic rings. The molecule has 1 heterocycles. The zero-order valence-electron chi connectivity index (χ0n) is 13.7. The SMILES string of the molecule is Cc1ccc(Cl)cc1NC(=O)[C@H](C)Sc1nnnn1-c1ccccc1. The van der Waals surface area contributed by atoms with E-state index < -0.39 is 0 Å². The van der Waals surface area contributed by atoms with Crippen LogP contribution in [0.5, 0.6) is 0 Å². The first-order chi connectivity index (χ1) is 12.0. The van der Waals surface area contributed by atoms with Gasteiger partial charge in [-0.05, 0) is 54.1 Å². The van der Waals surface area contributed by atoms with E-state index in [2.05, 4.69) is 20.8 Å². The lowest BCUT2D eigenvalue weighted by Gasteiger charge is -2.13. The molecule has 0 radical (unpaired) electrons. The molecule has 1 amide bonds. The van der Waals surface area contributed by atoms with E-state index in [0.717, 1.165) is 11.3 Å². The first-order valence-electron chi connectivity index (χ1n) is 7.62. The number of nitrogens with zero attached hydrogens (tertiary/aromatic N) is 4. The number of halogens is 1. The molecule has 0 fully saturated rings. The first kappa shape index (κ1) is 17.4. The van der Waals surface area contributed by atoms with E-state index in [9.17, 15) is 4.79 Å². The molecule has 25 heavy (non-hydrogen) atoms. The maximum Gasteiger partial charge on any atom is 0.237 e. The lowest BCUT2D eigenvalue weighted by Crippen LogP contribution is -2.23. The van der Waals surface area contributed by atoms with Gasteiger partial charge in [0.1, 0.15) is 0 Å². The number of para-hydroxylation sites is 1. The number of thioether (sulfide) groups is 1. The summed E-state index contributed by atoms with van der Waals surface area (Å²) in [5.74, 6) is -0.141. The van der Waals surface area contributed by atoms with E-state index >= 15 is 0 Å². The van der Waals surface area contributed by atoms with Crippen molar-refractivity contribution in [3.05, 3.63) is 59.1 Å². The van der Waals surface area contributed by atoms with Crippen molar-refractivity contribution in [2.45, 2.75) is 24.3 Å². The standard InChI is InChI=1S/C17H16ClN5OS/c1-11-8-9-13(18)10-15(11)19-16(24)12(2)25-17-20-21-22-23(17)14-6-4-3-5-7-14/h3-10,12H,1-2H3,(H,19,24)/t12-/m0/s1. The molecule has 128 valence electrons. The molecule has 1 aromatic heterocycles. The monoisotopic (exact) mass is 373 g/mol. The molecule has 2 aromatic carbocycles. The minimum atomic E-state index is -0.383. The van der Waals surface area contributed by atoms with Crippen LogP contribution in [0.15, 0.2) is 53.7 Å². The Morgan fingerprint density at radius 2 is 2.00 bits per heavy atom. The van der Waals surface area contributed by atoms with Crippen molar-refractivity contribution in [1.82, 2.24) is 20.2 Å². The third-order valence-electron chi connectivity index (χ3n) is 3.55. The number of carbonyl (C=O) groups is 1. The van der Waals surface area contributed by atoms with E-state index in [4.69, 9.17) is 11.6 Å². The summed E-state index contributed by atoms with van der Waals surface area (Å²) < 4.78 is 1.61. The summed E-state index contributed by atoms with van der Waals surface area (Å²) in [5, 5.41) is 15.4. The van der Waals surface area contributed by atoms with Gasteiger partial charge < -0.3 is 5.32 Å². The topological polar surface area (TPSA) is 72.7 Å². The van der Waals surface area contributed by atoms with Crippen LogP contribution in [-0.2, 0) is 4.79 Å². The normalized spacial score (nSPS) is 12.0. The molecule has 0 bridgehead atoms. The van der Waals surface area contributed by atoms with Gasteiger partial charge in [-0.25, -0.2) is 0 Å². The van der Waals surface area contributed by atoms with Gasteiger partial charge in [-0.1, -0.05) is 47.6 Å². The van der Waals surface area contributed by atoms with Crippen LogP contribution >= 0.6 is 23.4 Å². The summed E-state index contributed by atoms with van der Waals surface area (Å²) in [5.41, 5.74) is 2.49. The Labute approximate surface area is 154 Å². The third kappa shape index (κ3) is 4.18. The molecule has 6 nitrogen and oxygen atoms in total. The fraction of sp³-hybridized carbons (Fsp3) is 0.176. The van der Waals surface area contributed by atoms with E-state index in [1.807, 2.05) is 50.2 Å². The van der Waals surface area contributed by atoms with Gasteiger partial charge in [-0.15, -0.1) is 5.10 Å². The summed E-state index contributed by atoms with van der Waals surface area (Å²) in [7, 11) is 0. The van der Waals surface area contributed by atoms with Crippen molar-refractivity contribution in [3.8, 4) is 5.69 Å². The summed E-state index contributed by atoms with van der Waals surface area (Å²) in [4.78, 5) is 12.5. The molecule has 0 saturated heterocycles. The number of hydrogen-bond acceptors (Lipinski definition) is 5. The molecule has 0 aliphatic carbocycles. The van der Waals surface area contributed by atoms with Crippen molar-refractivity contribution < 1.29 is 4.79 Å². The van der Waals surface area contributed by atoms with Gasteiger partial charge in [0.2, 0.25) is 11.1 Å². The number of rotatable bonds is 5. The van der Waals surface area contributed by atoms with Crippen LogP contribution in [0.4, 0.5) is 5.69 Å². The number of benzene rings is 2. The predicted molar refractivity (Wildman–Crippen MR) is 99.3 cm³/mol. The zero-order chi connectivity index (χ0) is 17.8. The summed E-state index contributed by atoms with van der Waals surface area (Å²) in [6, 6.07) is 14.9. The highest BCUT2D eigenvalue weighted by molar-refractivity contribution is 8.00. The fourth-order valence-corrected chi connectivity index (χ4v) is 3.14. The number of aromatic nitrogens is 4. The van der Waals surface area contributed by atoms with E-state index in [1.54, 1.807) is 16.8 Å². The van der Waals surface area contributed by atoms with E-state index in [1.165, 1.54) is 11.8 Å². The number of aryl methyl sites for hydroxylation is 1. The lowest BCUT2D eigenvalue weighted by atomic mass is 10.2. The van der Waals surface area contributed by atoms with Crippen molar-refractivity contribution in [3.63, 3.8) is 0 Å². The second-order valence-corrected chi connectivity index (χ2v) is 7.16. The van der Waals surface area contributed by atoms with Gasteiger partial charge in [0.15, 0.2) is 0 Å². The highest BCUT2D eigenvalue weighted by Crippen LogP contribution is 2.25. The van der Waals surface area contributed by atoms with Gasteiger partial charge in [-0.3, -0.25) is 4.79 Å². The van der Waals surface area contributed by atoms with Gasteiger partial charge >= 0.3 is 0 Å². The lowest BCUT2D eigenvalue weighted by molar-refractivity contribution is -0.115. The highest BCUT2D eigenvalue weighted by Gasteiger charge is 2.20. The third-order valence-corrected chi connectivity index (χ3v) is 4.82. The molecular weight excluding hydrogens is 358 g/mol. The van der Waals surface area contributed by atoms with Crippen molar-refractivity contribution in [2.75, 3.05) is 5.32 Å². The summed E-state index contributed by atoms with van der Waals surface area (Å²) in [6.45, 7) is 3.73. The van der Waals surface area contributed by atoms with Crippen LogP contribution in [0.2, 0.25) is 5.02 Å². The van der Waals surface area contributed by atoms with Crippen molar-refractivity contribution in [1.29, 1.82) is 0 Å². The Kier molecular flexibility index (Phi) is 5.35. The largest absolute Gasteiger partial charge is 0.325 e. The van der Waals surface area contributed by atoms with E-state index in [0.29, 0.717) is 15.9 Å². The number of amides is 1. The Morgan fingerprint density at radius 1 is 1.24 bits per heavy atom. The zero-order valence-corrected chi connectivity index (χ0v) is 15.3. The Morgan fingerprint density at radius 3 is 2.76 bits per heavy atom. The molecule has 1 atom stereocenters. The van der Waals surface area contributed by atoms with Crippen LogP contribution < -0.4 is 5.32 Å². The molecule has 0 saturated carbocycles. The van der Waals surface area contributed by atoms with Gasteiger partial charge in [0.05, 0.1) is 10.9 Å². The average molecular weight is 374 g/mol. The molecular formula is C17H16ClN5OS. The Balaban J connectivity index is 1.73. The molecule has 0 spiro atoms. The number of hydrogen-bond donors (Lipinski definition) is 1. The van der Waals surface area contributed by atoms with E-state index in [-0.39, 0.29) is 11.2 Å². The second-order valence-electron chi connectivity index (χ2n) is 5.42. The maximum atomic E-state index is 12.5. The van der Waals surface area contributed by atoms with Gasteiger partial charge in [0, 0.05) is 10.7 Å². The number of tetrazole rings is 1. The van der Waals surface area contributed by atoms with Crippen molar-refractivity contribution >= 4 is 35.0 Å². The summed E-state index contributed by atoms with van der Waals surface area (Å²) in [6.07, 6.45) is 0. The Hall–Kier alpha value is -2.38. The van der Waals surface area contributed by atoms with Crippen LogP contribution in [0.25, 0.3) is 5.69 Å². The van der Waals surface area contributed by atoms with Crippen LogP contribution in [0, 0.1) is 6.92 Å². The second kappa shape index (κ2) is 7.67. The smallest absolute Gasteiger partial charge is 0.237 e. The molecule has 3 aromatic rings. The molecule has 8 heteroatoms. The van der Waals surface area contributed by atoms with Gasteiger partial charge in [-0.2, -0.15) is 4.68 Å². The average Bonchev–Trinajstić information content (AvgIpc) is 3.07. The maximum absolute atomic E-state index is 12.5.